The maximum Gasteiger partial charge on any atom is 0.222 e. The van der Waals surface area contributed by atoms with Crippen LogP contribution in [0.3, 0.4) is 0 Å². The number of nitrogens with zero attached hydrogens (tertiary/aromatic N) is 1. The van der Waals surface area contributed by atoms with Gasteiger partial charge in [-0.3, -0.25) is 4.79 Å². The fourth-order valence-corrected chi connectivity index (χ4v) is 2.13. The first-order chi connectivity index (χ1) is 8.76. The van der Waals surface area contributed by atoms with E-state index in [0.717, 1.165) is 45.7 Å². The summed E-state index contributed by atoms with van der Waals surface area (Å²) in [7, 11) is 0. The molecule has 2 N–H and O–H groups in total. The number of carbonyl (C=O) groups is 1. The quantitative estimate of drug-likeness (QED) is 0.699. The van der Waals surface area contributed by atoms with Crippen LogP contribution >= 0.6 is 24.8 Å². The van der Waals surface area contributed by atoms with Crippen molar-refractivity contribution in [3.63, 3.8) is 0 Å². The molecule has 0 radical (unpaired) electrons. The van der Waals surface area contributed by atoms with Gasteiger partial charge in [-0.25, -0.2) is 0 Å². The van der Waals surface area contributed by atoms with Crippen LogP contribution in [0.1, 0.15) is 26.7 Å². The van der Waals surface area contributed by atoms with Gasteiger partial charge in [-0.05, 0) is 19.5 Å². The Morgan fingerprint density at radius 2 is 2.10 bits per heavy atom. The van der Waals surface area contributed by atoms with E-state index in [0.29, 0.717) is 13.0 Å². The highest BCUT2D eigenvalue weighted by Crippen LogP contribution is 2.00. The molecule has 122 valence electrons. The number of hydrogen-bond acceptors (Lipinski definition) is 4. The zero-order valence-corrected chi connectivity index (χ0v) is 14.2. The average molecular weight is 330 g/mol. The zero-order chi connectivity index (χ0) is 13.2. The summed E-state index contributed by atoms with van der Waals surface area (Å²) in [5.41, 5.74) is 0. The molecule has 5 nitrogen and oxygen atoms in total. The molecule has 1 amide bonds. The fraction of sp³-hybridized carbons (Fsp3) is 0.923. The van der Waals surface area contributed by atoms with Crippen molar-refractivity contribution < 1.29 is 9.53 Å². The van der Waals surface area contributed by atoms with Gasteiger partial charge in [0.25, 0.3) is 0 Å². The second-order valence-electron chi connectivity index (χ2n) is 4.69. The number of nitrogens with one attached hydrogen (secondary N) is 2. The lowest BCUT2D eigenvalue weighted by Gasteiger charge is -2.23. The molecular formula is C13H29Cl2N3O2. The van der Waals surface area contributed by atoms with E-state index in [-0.39, 0.29) is 36.8 Å². The summed E-state index contributed by atoms with van der Waals surface area (Å²) in [5.74, 6) is 0.0938. The van der Waals surface area contributed by atoms with Gasteiger partial charge in [-0.1, -0.05) is 13.8 Å². The molecule has 0 aliphatic carbocycles. The van der Waals surface area contributed by atoms with Gasteiger partial charge in [-0.15, -0.1) is 24.8 Å². The predicted octanol–water partition coefficient (Wildman–Crippen LogP) is 1.06. The Morgan fingerprint density at radius 3 is 2.65 bits per heavy atom. The number of hydrogen-bond donors (Lipinski definition) is 2. The van der Waals surface area contributed by atoms with Crippen LogP contribution in [0.2, 0.25) is 0 Å². The van der Waals surface area contributed by atoms with Crippen molar-refractivity contribution >= 4 is 30.7 Å². The lowest BCUT2D eigenvalue weighted by Crippen LogP contribution is -2.42. The number of amides is 1. The summed E-state index contributed by atoms with van der Waals surface area (Å²) < 4.78 is 5.50. The minimum Gasteiger partial charge on any atom is -0.375 e. The van der Waals surface area contributed by atoms with Crippen LogP contribution in [0.15, 0.2) is 0 Å². The third-order valence-electron chi connectivity index (χ3n) is 3.15. The van der Waals surface area contributed by atoms with Gasteiger partial charge in [0, 0.05) is 26.2 Å². The van der Waals surface area contributed by atoms with Crippen LogP contribution in [-0.2, 0) is 9.53 Å². The highest BCUT2D eigenvalue weighted by Gasteiger charge is 2.16. The highest BCUT2D eigenvalue weighted by atomic mass is 35.5. The minimum absolute atomic E-state index is 0. The van der Waals surface area contributed by atoms with E-state index in [4.69, 9.17) is 4.74 Å². The van der Waals surface area contributed by atoms with Crippen molar-refractivity contribution in [1.29, 1.82) is 0 Å². The van der Waals surface area contributed by atoms with E-state index in [2.05, 4.69) is 29.4 Å². The summed E-state index contributed by atoms with van der Waals surface area (Å²) in [4.78, 5) is 14.0. The lowest BCUT2D eigenvalue weighted by atomic mass is 10.2. The molecule has 1 saturated heterocycles. The maximum absolute atomic E-state index is 11.7. The van der Waals surface area contributed by atoms with Crippen molar-refractivity contribution in [2.24, 2.45) is 0 Å². The Bertz CT molecular complexity index is 240. The SMILES string of the molecule is CCCN(CC)CCNC(=O)CC1CNCCO1.Cl.Cl. The molecule has 1 atom stereocenters. The first kappa shape index (κ1) is 22.2. The van der Waals surface area contributed by atoms with Gasteiger partial charge in [0.2, 0.25) is 5.91 Å². The molecule has 0 saturated carbocycles. The van der Waals surface area contributed by atoms with Crippen LogP contribution in [0.4, 0.5) is 0 Å². The number of halogens is 2. The average Bonchev–Trinajstić information content (AvgIpc) is 2.39. The Balaban J connectivity index is 0. The fourth-order valence-electron chi connectivity index (χ4n) is 2.13. The smallest absolute Gasteiger partial charge is 0.222 e. The molecule has 20 heavy (non-hydrogen) atoms. The molecule has 1 aliphatic heterocycles. The Morgan fingerprint density at radius 1 is 1.35 bits per heavy atom. The first-order valence-electron chi connectivity index (χ1n) is 7.07. The second-order valence-corrected chi connectivity index (χ2v) is 4.69. The molecule has 1 aliphatic rings. The summed E-state index contributed by atoms with van der Waals surface area (Å²) in [6, 6.07) is 0. The highest BCUT2D eigenvalue weighted by molar-refractivity contribution is 5.85. The molecule has 1 unspecified atom stereocenters. The van der Waals surface area contributed by atoms with Crippen molar-refractivity contribution in [2.75, 3.05) is 45.9 Å². The van der Waals surface area contributed by atoms with Gasteiger partial charge in [0.05, 0.1) is 19.1 Å². The van der Waals surface area contributed by atoms with Crippen LogP contribution in [0, 0.1) is 0 Å². The standard InChI is InChI=1S/C13H27N3O2.2ClH/c1-3-7-16(4-2)8-5-15-13(17)10-12-11-14-6-9-18-12;;/h12,14H,3-11H2,1-2H3,(H,15,17);2*1H. The Labute approximate surface area is 135 Å². The molecular weight excluding hydrogens is 301 g/mol. The van der Waals surface area contributed by atoms with Crippen LogP contribution < -0.4 is 10.6 Å². The maximum atomic E-state index is 11.7. The van der Waals surface area contributed by atoms with Gasteiger partial charge < -0.3 is 20.3 Å². The Kier molecular flexibility index (Phi) is 15.4. The molecule has 1 rings (SSSR count). The number of ether oxygens (including phenoxy) is 1. The normalized spacial score (nSPS) is 18.1. The minimum atomic E-state index is 0. The summed E-state index contributed by atoms with van der Waals surface area (Å²) in [6.07, 6.45) is 1.66. The lowest BCUT2D eigenvalue weighted by molar-refractivity contribution is -0.124. The molecule has 0 bridgehead atoms. The number of morpholine rings is 1. The van der Waals surface area contributed by atoms with E-state index in [1.807, 2.05) is 0 Å². The Hall–Kier alpha value is -0.0700. The third kappa shape index (κ3) is 9.77. The molecule has 1 fully saturated rings. The van der Waals surface area contributed by atoms with E-state index >= 15 is 0 Å². The van der Waals surface area contributed by atoms with Gasteiger partial charge >= 0.3 is 0 Å². The van der Waals surface area contributed by atoms with Crippen LogP contribution in [0.5, 0.6) is 0 Å². The number of likely N-dealkylation sites (N-methyl/N-ethyl adjacent to an activating group) is 1. The van der Waals surface area contributed by atoms with Crippen LogP contribution in [-0.4, -0.2) is 62.8 Å². The third-order valence-corrected chi connectivity index (χ3v) is 3.15. The van der Waals surface area contributed by atoms with Crippen molar-refractivity contribution in [3.8, 4) is 0 Å². The topological polar surface area (TPSA) is 53.6 Å². The van der Waals surface area contributed by atoms with Crippen molar-refractivity contribution in [2.45, 2.75) is 32.8 Å². The first-order valence-corrected chi connectivity index (χ1v) is 7.07. The zero-order valence-electron chi connectivity index (χ0n) is 12.5. The molecule has 0 aromatic rings. The summed E-state index contributed by atoms with van der Waals surface area (Å²) in [6.45, 7) is 10.5. The van der Waals surface area contributed by atoms with E-state index < -0.39 is 0 Å². The van der Waals surface area contributed by atoms with Crippen LogP contribution in [0.25, 0.3) is 0 Å². The van der Waals surface area contributed by atoms with Crippen molar-refractivity contribution in [3.05, 3.63) is 0 Å². The molecule has 1 heterocycles. The van der Waals surface area contributed by atoms with Gasteiger partial charge in [0.15, 0.2) is 0 Å². The van der Waals surface area contributed by atoms with E-state index in [1.54, 1.807) is 0 Å². The monoisotopic (exact) mass is 329 g/mol. The summed E-state index contributed by atoms with van der Waals surface area (Å²) >= 11 is 0. The largest absolute Gasteiger partial charge is 0.375 e. The van der Waals surface area contributed by atoms with Gasteiger partial charge in [-0.2, -0.15) is 0 Å². The van der Waals surface area contributed by atoms with E-state index in [9.17, 15) is 4.79 Å². The van der Waals surface area contributed by atoms with Crippen molar-refractivity contribution in [1.82, 2.24) is 15.5 Å². The molecule has 0 spiro atoms. The molecule has 0 aromatic heterocycles. The molecule has 0 aromatic carbocycles. The number of carbonyl (C=O) groups excluding carboxylic acids is 1. The van der Waals surface area contributed by atoms with Gasteiger partial charge in [0.1, 0.15) is 0 Å². The predicted molar refractivity (Wildman–Crippen MR) is 87.1 cm³/mol. The second kappa shape index (κ2) is 13.9. The number of rotatable bonds is 8. The summed E-state index contributed by atoms with van der Waals surface area (Å²) in [5, 5.41) is 6.19. The van der Waals surface area contributed by atoms with E-state index in [1.165, 1.54) is 0 Å². The molecule has 7 heteroatoms.